The van der Waals surface area contributed by atoms with E-state index in [1.165, 1.54) is 30.3 Å². The molecule has 1 aromatic heterocycles. The Hall–Kier alpha value is -4.54. The van der Waals surface area contributed by atoms with Gasteiger partial charge in [0.15, 0.2) is 0 Å². The van der Waals surface area contributed by atoms with E-state index < -0.39 is 22.5 Å². The van der Waals surface area contributed by atoms with Crippen LogP contribution in [0, 0.1) is 10.1 Å². The smallest absolute Gasteiger partial charge is 0.353 e. The SMILES string of the molecule is CCOC(=O)c1ccccc1Nc1ncnc(Nc2ccc(C(=O)O)cc2)c1[N+](=O)[O-]. The highest BCUT2D eigenvalue weighted by Crippen LogP contribution is 2.33. The van der Waals surface area contributed by atoms with E-state index in [9.17, 15) is 19.7 Å². The zero-order valence-corrected chi connectivity index (χ0v) is 16.2. The van der Waals surface area contributed by atoms with Crippen molar-refractivity contribution in [2.75, 3.05) is 17.2 Å². The molecule has 0 saturated heterocycles. The fraction of sp³-hybridized carbons (Fsp3) is 0.100. The molecule has 3 aromatic rings. The standard InChI is InChI=1S/C20H17N5O6/c1-2-31-20(28)14-5-3-4-6-15(14)24-18-16(25(29)30)17(21-11-22-18)23-13-9-7-12(8-10-13)19(26)27/h3-11H,2H2,1H3,(H,26,27)(H2,21,22,23,24). The van der Waals surface area contributed by atoms with E-state index in [4.69, 9.17) is 9.84 Å². The van der Waals surface area contributed by atoms with Gasteiger partial charge in [0.1, 0.15) is 6.33 Å². The molecule has 0 aliphatic heterocycles. The van der Waals surface area contributed by atoms with E-state index in [2.05, 4.69) is 20.6 Å². The second-order valence-corrected chi connectivity index (χ2v) is 6.08. The summed E-state index contributed by atoms with van der Waals surface area (Å²) in [6.45, 7) is 1.85. The van der Waals surface area contributed by atoms with Crippen LogP contribution in [-0.2, 0) is 4.74 Å². The number of nitrogens with one attached hydrogen (secondary N) is 2. The number of carboxylic acid groups (broad SMARTS) is 1. The molecular formula is C20H17N5O6. The minimum absolute atomic E-state index is 0.0701. The Morgan fingerprint density at radius 1 is 1.06 bits per heavy atom. The van der Waals surface area contributed by atoms with Crippen molar-refractivity contribution < 1.29 is 24.4 Å². The Morgan fingerprint density at radius 2 is 1.71 bits per heavy atom. The van der Waals surface area contributed by atoms with Gasteiger partial charge in [-0.1, -0.05) is 12.1 Å². The summed E-state index contributed by atoms with van der Waals surface area (Å²) in [5.74, 6) is -1.92. The molecule has 11 heteroatoms. The average molecular weight is 423 g/mol. The average Bonchev–Trinajstić information content (AvgIpc) is 2.74. The van der Waals surface area contributed by atoms with Crippen LogP contribution in [0.4, 0.5) is 28.7 Å². The Morgan fingerprint density at radius 3 is 2.32 bits per heavy atom. The Balaban J connectivity index is 1.95. The van der Waals surface area contributed by atoms with Gasteiger partial charge in [-0.25, -0.2) is 19.6 Å². The van der Waals surface area contributed by atoms with Gasteiger partial charge in [0.05, 0.1) is 28.3 Å². The van der Waals surface area contributed by atoms with Gasteiger partial charge in [0.2, 0.25) is 11.6 Å². The highest BCUT2D eigenvalue weighted by atomic mass is 16.6. The van der Waals surface area contributed by atoms with Crippen molar-refractivity contribution in [1.82, 2.24) is 9.97 Å². The molecule has 0 aliphatic rings. The van der Waals surface area contributed by atoms with Crippen molar-refractivity contribution in [1.29, 1.82) is 0 Å². The summed E-state index contributed by atoms with van der Waals surface area (Å²) >= 11 is 0. The summed E-state index contributed by atoms with van der Waals surface area (Å²) in [6, 6.07) is 12.0. The van der Waals surface area contributed by atoms with Gasteiger partial charge in [-0.2, -0.15) is 0 Å². The van der Waals surface area contributed by atoms with Gasteiger partial charge in [-0.15, -0.1) is 0 Å². The molecule has 11 nitrogen and oxygen atoms in total. The highest BCUT2D eigenvalue weighted by molar-refractivity contribution is 5.97. The van der Waals surface area contributed by atoms with Crippen molar-refractivity contribution in [2.45, 2.75) is 6.92 Å². The summed E-state index contributed by atoms with van der Waals surface area (Å²) in [5, 5.41) is 26.3. The third kappa shape index (κ3) is 4.90. The fourth-order valence-corrected chi connectivity index (χ4v) is 2.67. The number of anilines is 4. The van der Waals surface area contributed by atoms with E-state index in [-0.39, 0.29) is 35.1 Å². The summed E-state index contributed by atoms with van der Waals surface area (Å²) in [5.41, 5.74) is 0.476. The lowest BCUT2D eigenvalue weighted by Crippen LogP contribution is -2.10. The van der Waals surface area contributed by atoms with Crippen LogP contribution in [-0.4, -0.2) is 38.5 Å². The first kappa shape index (κ1) is 21.2. The normalized spacial score (nSPS) is 10.2. The van der Waals surface area contributed by atoms with Gasteiger partial charge in [0.25, 0.3) is 0 Å². The first-order chi connectivity index (χ1) is 14.9. The largest absolute Gasteiger partial charge is 0.478 e. The second kappa shape index (κ2) is 9.31. The van der Waals surface area contributed by atoms with E-state index >= 15 is 0 Å². The number of ether oxygens (including phenoxy) is 1. The molecule has 0 bridgehead atoms. The van der Waals surface area contributed by atoms with Crippen molar-refractivity contribution in [3.8, 4) is 0 Å². The number of rotatable bonds is 8. The molecule has 2 aromatic carbocycles. The molecule has 158 valence electrons. The predicted octanol–water partition coefficient (Wildman–Crippen LogP) is 3.75. The molecule has 31 heavy (non-hydrogen) atoms. The maximum atomic E-state index is 12.2. The van der Waals surface area contributed by atoms with Crippen molar-refractivity contribution in [3.05, 3.63) is 76.1 Å². The van der Waals surface area contributed by atoms with Crippen LogP contribution in [0.15, 0.2) is 54.9 Å². The highest BCUT2D eigenvalue weighted by Gasteiger charge is 2.25. The van der Waals surface area contributed by atoms with Crippen LogP contribution in [0.25, 0.3) is 0 Å². The van der Waals surface area contributed by atoms with E-state index in [1.807, 2.05) is 0 Å². The summed E-state index contributed by atoms with van der Waals surface area (Å²) in [6.07, 6.45) is 1.12. The van der Waals surface area contributed by atoms with E-state index in [0.717, 1.165) is 6.33 Å². The maximum absolute atomic E-state index is 12.2. The number of esters is 1. The first-order valence-corrected chi connectivity index (χ1v) is 9.03. The van der Waals surface area contributed by atoms with Crippen LogP contribution in [0.1, 0.15) is 27.6 Å². The number of carboxylic acids is 1. The monoisotopic (exact) mass is 423 g/mol. The molecule has 3 N–H and O–H groups in total. The van der Waals surface area contributed by atoms with Crippen LogP contribution in [0.3, 0.4) is 0 Å². The van der Waals surface area contributed by atoms with Gasteiger partial charge >= 0.3 is 17.6 Å². The van der Waals surface area contributed by atoms with Crippen LogP contribution >= 0.6 is 0 Å². The molecule has 0 unspecified atom stereocenters. The number of aromatic carboxylic acids is 1. The number of aromatic nitrogens is 2. The van der Waals surface area contributed by atoms with E-state index in [1.54, 1.807) is 25.1 Å². The number of hydrogen-bond donors (Lipinski definition) is 3. The van der Waals surface area contributed by atoms with Crippen molar-refractivity contribution >= 4 is 40.6 Å². The molecule has 3 rings (SSSR count). The van der Waals surface area contributed by atoms with Gasteiger partial charge in [-0.3, -0.25) is 10.1 Å². The molecule has 0 atom stereocenters. The Bertz CT molecular complexity index is 1130. The van der Waals surface area contributed by atoms with Crippen molar-refractivity contribution in [3.63, 3.8) is 0 Å². The first-order valence-electron chi connectivity index (χ1n) is 9.03. The zero-order chi connectivity index (χ0) is 22.4. The van der Waals surface area contributed by atoms with Crippen LogP contribution in [0.5, 0.6) is 0 Å². The van der Waals surface area contributed by atoms with Crippen LogP contribution < -0.4 is 10.6 Å². The molecule has 0 aliphatic carbocycles. The minimum atomic E-state index is -1.09. The Kier molecular flexibility index (Phi) is 6.36. The zero-order valence-electron chi connectivity index (χ0n) is 16.2. The fourth-order valence-electron chi connectivity index (χ4n) is 2.67. The molecule has 0 radical (unpaired) electrons. The molecule has 0 saturated carbocycles. The summed E-state index contributed by atoms with van der Waals surface area (Å²) in [7, 11) is 0. The lowest BCUT2D eigenvalue weighted by molar-refractivity contribution is -0.383. The molecule has 1 heterocycles. The topological polar surface area (TPSA) is 157 Å². The van der Waals surface area contributed by atoms with Gasteiger partial charge in [0, 0.05) is 5.69 Å². The lowest BCUT2D eigenvalue weighted by Gasteiger charge is -2.12. The van der Waals surface area contributed by atoms with Crippen LogP contribution in [0.2, 0.25) is 0 Å². The number of carbonyl (C=O) groups is 2. The number of hydrogen-bond acceptors (Lipinski definition) is 9. The number of para-hydroxylation sites is 1. The second-order valence-electron chi connectivity index (χ2n) is 6.08. The van der Waals surface area contributed by atoms with Gasteiger partial charge < -0.3 is 20.5 Å². The predicted molar refractivity (Wildman–Crippen MR) is 111 cm³/mol. The molecular weight excluding hydrogens is 406 g/mol. The quantitative estimate of drug-likeness (QED) is 0.277. The third-order valence-electron chi connectivity index (χ3n) is 4.07. The maximum Gasteiger partial charge on any atom is 0.353 e. The molecule has 0 spiro atoms. The summed E-state index contributed by atoms with van der Waals surface area (Å²) < 4.78 is 5.01. The van der Waals surface area contributed by atoms with E-state index in [0.29, 0.717) is 5.69 Å². The summed E-state index contributed by atoms with van der Waals surface area (Å²) in [4.78, 5) is 42.1. The number of carbonyl (C=O) groups excluding carboxylic acids is 1. The minimum Gasteiger partial charge on any atom is -0.478 e. The number of benzene rings is 2. The number of nitro groups is 1. The number of nitrogens with zero attached hydrogens (tertiary/aromatic N) is 3. The molecule has 0 fully saturated rings. The lowest BCUT2D eigenvalue weighted by atomic mass is 10.1. The Labute approximate surface area is 175 Å². The molecule has 0 amide bonds. The van der Waals surface area contributed by atoms with Gasteiger partial charge in [-0.05, 0) is 43.3 Å². The third-order valence-corrected chi connectivity index (χ3v) is 4.07. The van der Waals surface area contributed by atoms with Crippen molar-refractivity contribution in [2.24, 2.45) is 0 Å².